The lowest BCUT2D eigenvalue weighted by atomic mass is 10.00. The summed E-state index contributed by atoms with van der Waals surface area (Å²) in [4.78, 5) is 13.0. The van der Waals surface area contributed by atoms with E-state index in [0.29, 0.717) is 0 Å². The van der Waals surface area contributed by atoms with Crippen molar-refractivity contribution in [3.05, 3.63) is 40.6 Å². The molecule has 3 aromatic rings. The second kappa shape index (κ2) is 8.45. The highest BCUT2D eigenvalue weighted by Gasteiger charge is 2.43. The summed E-state index contributed by atoms with van der Waals surface area (Å²) < 4.78 is 21.6. The summed E-state index contributed by atoms with van der Waals surface area (Å²) >= 11 is 0. The molecule has 0 amide bonds. The first-order chi connectivity index (χ1) is 15.6. The first-order valence-corrected chi connectivity index (χ1v) is 9.88. The fourth-order valence-electron chi connectivity index (χ4n) is 3.60. The number of aliphatic hydroxyl groups excluding tert-OH is 3. The predicted molar refractivity (Wildman–Crippen MR) is 112 cm³/mol. The van der Waals surface area contributed by atoms with E-state index in [1.807, 2.05) is 0 Å². The van der Waals surface area contributed by atoms with E-state index in [2.05, 4.69) is 0 Å². The van der Waals surface area contributed by atoms with Gasteiger partial charge in [-0.3, -0.25) is 4.79 Å². The first-order valence-electron chi connectivity index (χ1n) is 9.88. The molecule has 0 bridgehead atoms. The van der Waals surface area contributed by atoms with Gasteiger partial charge in [-0.05, 0) is 25.1 Å². The molecule has 11 nitrogen and oxygen atoms in total. The number of phenolic OH excluding ortho intramolecular Hbond substituents is 2. The Morgan fingerprint density at radius 3 is 2.36 bits per heavy atom. The number of hydrogen-bond acceptors (Lipinski definition) is 11. The van der Waals surface area contributed by atoms with Gasteiger partial charge in [-0.25, -0.2) is 0 Å². The maximum Gasteiger partial charge on any atom is 0.238 e. The molecule has 1 aliphatic heterocycles. The van der Waals surface area contributed by atoms with Crippen LogP contribution in [-0.2, 0) is 4.74 Å². The molecule has 0 saturated carbocycles. The maximum absolute atomic E-state index is 13.0. The van der Waals surface area contributed by atoms with Gasteiger partial charge in [-0.15, -0.1) is 0 Å². The average molecular weight is 462 g/mol. The number of aromatic hydroxyl groups is 3. The van der Waals surface area contributed by atoms with Crippen LogP contribution >= 0.6 is 0 Å². The quantitative estimate of drug-likeness (QED) is 0.323. The van der Waals surface area contributed by atoms with Gasteiger partial charge in [0.25, 0.3) is 0 Å². The van der Waals surface area contributed by atoms with E-state index < -0.39 is 41.9 Å². The van der Waals surface area contributed by atoms with Gasteiger partial charge in [0.15, 0.2) is 17.3 Å². The number of methoxy groups -OCH3 is 1. The normalized spacial score (nSPS) is 25.2. The third-order valence-electron chi connectivity index (χ3n) is 5.41. The Balaban J connectivity index is 1.82. The summed E-state index contributed by atoms with van der Waals surface area (Å²) in [7, 11) is 1.33. The number of benzene rings is 2. The molecule has 5 atom stereocenters. The molecule has 2 aromatic carbocycles. The highest BCUT2D eigenvalue weighted by molar-refractivity contribution is 5.88. The second-order valence-corrected chi connectivity index (χ2v) is 7.61. The van der Waals surface area contributed by atoms with Gasteiger partial charge in [0.2, 0.25) is 17.5 Å². The Hall–Kier alpha value is -3.51. The minimum absolute atomic E-state index is 0.0767. The molecule has 0 spiro atoms. The summed E-state index contributed by atoms with van der Waals surface area (Å²) in [6, 6.07) is 6.21. The minimum atomic E-state index is -1.67. The largest absolute Gasteiger partial charge is 0.508 e. The van der Waals surface area contributed by atoms with Crippen LogP contribution in [-0.4, -0.2) is 68.5 Å². The lowest BCUT2D eigenvalue weighted by molar-refractivity contribution is -0.267. The highest BCUT2D eigenvalue weighted by Crippen LogP contribution is 2.39. The van der Waals surface area contributed by atoms with Gasteiger partial charge in [0, 0.05) is 17.7 Å². The van der Waals surface area contributed by atoms with E-state index in [0.717, 1.165) is 12.1 Å². The third kappa shape index (κ3) is 3.91. The molecule has 0 radical (unpaired) electrons. The van der Waals surface area contributed by atoms with Crippen molar-refractivity contribution in [1.29, 1.82) is 0 Å². The van der Waals surface area contributed by atoms with Crippen molar-refractivity contribution in [2.24, 2.45) is 0 Å². The van der Waals surface area contributed by atoms with Crippen LogP contribution in [0, 0.1) is 0 Å². The van der Waals surface area contributed by atoms with Crippen LogP contribution in [0.3, 0.4) is 0 Å². The highest BCUT2D eigenvalue weighted by atomic mass is 16.7. The minimum Gasteiger partial charge on any atom is -0.508 e. The van der Waals surface area contributed by atoms with Gasteiger partial charge in [0.1, 0.15) is 40.8 Å². The standard InChI is InChI=1S/C22H22O11/c1-8-16(25)18(27)20(29)22(31-8)33-14-7-10(23)6-13-15(14)17(26)19(28)21(32-13)9-3-4-11(24)12(5-9)30-2/h3-8,16,18,20,22-25,27-29H,1-2H3/t8-,16-,18+,20+,22-/m0/s1. The fraction of sp³-hybridized carbons (Fsp3) is 0.318. The molecule has 0 aliphatic carbocycles. The first kappa shape index (κ1) is 22.7. The Kier molecular flexibility index (Phi) is 5.80. The molecular weight excluding hydrogens is 440 g/mol. The maximum atomic E-state index is 13.0. The van der Waals surface area contributed by atoms with Crippen LogP contribution in [0.15, 0.2) is 39.5 Å². The summed E-state index contributed by atoms with van der Waals surface area (Å²) in [5.41, 5.74) is -0.857. The second-order valence-electron chi connectivity index (χ2n) is 7.61. The number of rotatable bonds is 4. The van der Waals surface area contributed by atoms with Crippen molar-refractivity contribution in [3.8, 4) is 40.1 Å². The van der Waals surface area contributed by atoms with Crippen molar-refractivity contribution in [3.63, 3.8) is 0 Å². The van der Waals surface area contributed by atoms with Crippen LogP contribution in [0.25, 0.3) is 22.3 Å². The van der Waals surface area contributed by atoms with Crippen molar-refractivity contribution in [2.45, 2.75) is 37.6 Å². The molecular formula is C22H22O11. The third-order valence-corrected chi connectivity index (χ3v) is 5.41. The topological polar surface area (TPSA) is 179 Å². The molecule has 1 saturated heterocycles. The zero-order chi connectivity index (χ0) is 24.0. The van der Waals surface area contributed by atoms with Crippen molar-refractivity contribution < 1.29 is 49.3 Å². The smallest absolute Gasteiger partial charge is 0.238 e. The van der Waals surface area contributed by atoms with Crippen molar-refractivity contribution in [1.82, 2.24) is 0 Å². The van der Waals surface area contributed by atoms with Gasteiger partial charge < -0.3 is 49.3 Å². The monoisotopic (exact) mass is 462 g/mol. The molecule has 1 aromatic heterocycles. The Labute approximate surface area is 186 Å². The molecule has 2 heterocycles. The zero-order valence-electron chi connectivity index (χ0n) is 17.5. The van der Waals surface area contributed by atoms with E-state index >= 15 is 0 Å². The average Bonchev–Trinajstić information content (AvgIpc) is 2.78. The van der Waals surface area contributed by atoms with Crippen molar-refractivity contribution >= 4 is 11.0 Å². The zero-order valence-corrected chi connectivity index (χ0v) is 17.5. The molecule has 176 valence electrons. The number of phenols is 2. The summed E-state index contributed by atoms with van der Waals surface area (Å²) in [5, 5.41) is 60.3. The van der Waals surface area contributed by atoms with Crippen LogP contribution in [0.1, 0.15) is 6.92 Å². The summed E-state index contributed by atoms with van der Waals surface area (Å²) in [5.74, 6) is -1.76. The number of fused-ring (bicyclic) bond motifs is 1. The van der Waals surface area contributed by atoms with E-state index in [1.54, 1.807) is 0 Å². The van der Waals surface area contributed by atoms with Crippen molar-refractivity contribution in [2.75, 3.05) is 7.11 Å². The fourth-order valence-corrected chi connectivity index (χ4v) is 3.60. The van der Waals surface area contributed by atoms with Gasteiger partial charge in [-0.1, -0.05) is 0 Å². The molecule has 33 heavy (non-hydrogen) atoms. The summed E-state index contributed by atoms with van der Waals surface area (Å²) in [6.45, 7) is 1.45. The van der Waals surface area contributed by atoms with Gasteiger partial charge in [0.05, 0.1) is 13.2 Å². The van der Waals surface area contributed by atoms with E-state index in [4.69, 9.17) is 18.6 Å². The predicted octanol–water partition coefficient (Wildman–Crippen LogP) is 0.792. The SMILES string of the molecule is COc1cc(-c2oc3cc(O)cc(O[C@@H]4O[C@@H](C)[C@H](O)[C@@H](O)[C@H]4O)c3c(=O)c2O)ccc1O. The molecule has 1 fully saturated rings. The Morgan fingerprint density at radius 1 is 0.939 bits per heavy atom. The summed E-state index contributed by atoms with van der Waals surface area (Å²) in [6.07, 6.45) is -7.01. The molecule has 0 unspecified atom stereocenters. The van der Waals surface area contributed by atoms with E-state index in [9.17, 15) is 35.4 Å². The number of ether oxygens (including phenoxy) is 3. The van der Waals surface area contributed by atoms with Gasteiger partial charge in [-0.2, -0.15) is 0 Å². The lowest BCUT2D eigenvalue weighted by Gasteiger charge is -2.38. The Morgan fingerprint density at radius 2 is 1.67 bits per heavy atom. The molecule has 1 aliphatic rings. The van der Waals surface area contributed by atoms with E-state index in [1.165, 1.54) is 32.2 Å². The van der Waals surface area contributed by atoms with Crippen LogP contribution in [0.4, 0.5) is 0 Å². The Bertz CT molecular complexity index is 1250. The van der Waals surface area contributed by atoms with Gasteiger partial charge >= 0.3 is 0 Å². The lowest BCUT2D eigenvalue weighted by Crippen LogP contribution is -2.58. The molecule has 4 rings (SSSR count). The number of hydrogen-bond donors (Lipinski definition) is 6. The van der Waals surface area contributed by atoms with Crippen LogP contribution in [0.5, 0.6) is 28.7 Å². The molecule has 11 heteroatoms. The van der Waals surface area contributed by atoms with Crippen LogP contribution in [0.2, 0.25) is 0 Å². The molecule has 6 N–H and O–H groups in total. The van der Waals surface area contributed by atoms with Crippen LogP contribution < -0.4 is 14.9 Å². The number of aliphatic hydroxyl groups is 3. The van der Waals surface area contributed by atoms with E-state index in [-0.39, 0.29) is 45.3 Å².